The molecule has 173 valence electrons. The average Bonchev–Trinajstić information content (AvgIpc) is 3.35. The number of aryl methyl sites for hydroxylation is 2. The highest BCUT2D eigenvalue weighted by Crippen LogP contribution is 2.49. The molecule has 0 heteroatoms. The summed E-state index contributed by atoms with van der Waals surface area (Å²) >= 11 is 0. The van der Waals surface area contributed by atoms with Crippen LogP contribution in [0.3, 0.4) is 0 Å². The van der Waals surface area contributed by atoms with E-state index in [-0.39, 0.29) is 10.8 Å². The molecule has 0 N–H and O–H groups in total. The van der Waals surface area contributed by atoms with E-state index in [2.05, 4.69) is 122 Å². The normalized spacial score (nSPS) is 15.2. The summed E-state index contributed by atoms with van der Waals surface area (Å²) < 4.78 is 0. The van der Waals surface area contributed by atoms with Gasteiger partial charge in [-0.3, -0.25) is 0 Å². The van der Waals surface area contributed by atoms with Crippen molar-refractivity contribution in [2.75, 3.05) is 0 Å². The minimum absolute atomic E-state index is 0.0621. The maximum Gasteiger partial charge on any atom is 0.0218 e. The van der Waals surface area contributed by atoms with Crippen molar-refractivity contribution in [2.45, 2.75) is 72.6 Å². The van der Waals surface area contributed by atoms with Crippen LogP contribution in [0.2, 0.25) is 0 Å². The van der Waals surface area contributed by atoms with E-state index in [1.807, 2.05) is 0 Å². The van der Waals surface area contributed by atoms with Gasteiger partial charge in [-0.25, -0.2) is 0 Å². The standard InChI is InChI=1S/C34H37/c1-21-12-14-25(22(2)18-21)27-10-9-11-29(27)32-30-20-23-19-24(33(3,4)5)13-15-26(23)28(30)16-17-31(32)34(6,7)8/h9-10,12-20H,11H2,1-8H3. The molecule has 0 heterocycles. The minimum Gasteiger partial charge on any atom is -0.0795 e. The van der Waals surface area contributed by atoms with Crippen LogP contribution in [-0.2, 0) is 10.8 Å². The molecule has 5 rings (SSSR count). The smallest absolute Gasteiger partial charge is 0.0218 e. The van der Waals surface area contributed by atoms with E-state index in [1.165, 1.54) is 66.8 Å². The van der Waals surface area contributed by atoms with Gasteiger partial charge in [-0.2, -0.15) is 0 Å². The SMILES string of the molecule is Cc1ccc(C2=C(c3c(C(C)(C)C)ccc4c3[CH]c3cc(C(C)(C)C)ccc3-4)CC=C2)c(C)c1. The maximum absolute atomic E-state index is 2.45. The molecule has 0 saturated carbocycles. The molecule has 0 aliphatic heterocycles. The van der Waals surface area contributed by atoms with Crippen LogP contribution < -0.4 is 0 Å². The van der Waals surface area contributed by atoms with Gasteiger partial charge in [0.1, 0.15) is 0 Å². The summed E-state index contributed by atoms with van der Waals surface area (Å²) in [6.07, 6.45) is 8.13. The molecular weight excluding hydrogens is 408 g/mol. The summed E-state index contributed by atoms with van der Waals surface area (Å²) in [6.45, 7) is 18.3. The number of benzene rings is 3. The summed E-state index contributed by atoms with van der Waals surface area (Å²) in [5.74, 6) is 0. The zero-order valence-corrected chi connectivity index (χ0v) is 22.1. The number of hydrogen-bond donors (Lipinski definition) is 0. The van der Waals surface area contributed by atoms with Crippen molar-refractivity contribution in [2.24, 2.45) is 0 Å². The Kier molecular flexibility index (Phi) is 5.28. The molecule has 34 heavy (non-hydrogen) atoms. The largest absolute Gasteiger partial charge is 0.0795 e. The Morgan fingerprint density at radius 1 is 0.706 bits per heavy atom. The number of fused-ring (bicyclic) bond motifs is 3. The zero-order chi connectivity index (χ0) is 24.4. The molecule has 0 amide bonds. The molecule has 0 spiro atoms. The molecule has 1 radical (unpaired) electrons. The van der Waals surface area contributed by atoms with Gasteiger partial charge >= 0.3 is 0 Å². The third kappa shape index (κ3) is 3.78. The fourth-order valence-electron chi connectivity index (χ4n) is 5.61. The second kappa shape index (κ2) is 7.84. The Labute approximate surface area is 206 Å². The average molecular weight is 446 g/mol. The van der Waals surface area contributed by atoms with Crippen molar-refractivity contribution in [1.82, 2.24) is 0 Å². The van der Waals surface area contributed by atoms with Crippen LogP contribution in [-0.4, -0.2) is 0 Å². The predicted octanol–water partition coefficient (Wildman–Crippen LogP) is 9.35. The molecule has 2 aliphatic carbocycles. The monoisotopic (exact) mass is 445 g/mol. The van der Waals surface area contributed by atoms with E-state index in [0.29, 0.717) is 0 Å². The Bertz CT molecular complexity index is 1360. The van der Waals surface area contributed by atoms with Gasteiger partial charge in [0.15, 0.2) is 0 Å². The van der Waals surface area contributed by atoms with E-state index >= 15 is 0 Å². The molecule has 0 nitrogen and oxygen atoms in total. The summed E-state index contributed by atoms with van der Waals surface area (Å²) in [5, 5.41) is 0. The first kappa shape index (κ1) is 22.9. The van der Waals surface area contributed by atoms with Gasteiger partial charge in [-0.1, -0.05) is 108 Å². The molecule has 0 aromatic heterocycles. The third-order valence-corrected chi connectivity index (χ3v) is 7.47. The van der Waals surface area contributed by atoms with Crippen molar-refractivity contribution in [3.8, 4) is 11.1 Å². The van der Waals surface area contributed by atoms with Crippen LogP contribution >= 0.6 is 0 Å². The van der Waals surface area contributed by atoms with Gasteiger partial charge < -0.3 is 0 Å². The van der Waals surface area contributed by atoms with Crippen molar-refractivity contribution in [3.05, 3.63) is 112 Å². The quantitative estimate of drug-likeness (QED) is 0.288. The molecule has 3 aromatic rings. The molecule has 0 bridgehead atoms. The van der Waals surface area contributed by atoms with Gasteiger partial charge in [-0.05, 0) is 92.3 Å². The fourth-order valence-corrected chi connectivity index (χ4v) is 5.61. The van der Waals surface area contributed by atoms with Gasteiger partial charge in [0, 0.05) is 6.42 Å². The first-order valence-corrected chi connectivity index (χ1v) is 12.6. The zero-order valence-electron chi connectivity index (χ0n) is 22.1. The molecule has 2 aliphatic rings. The van der Waals surface area contributed by atoms with Gasteiger partial charge in [0.2, 0.25) is 0 Å². The molecular formula is C34H37. The van der Waals surface area contributed by atoms with Crippen LogP contribution in [0.4, 0.5) is 0 Å². The lowest BCUT2D eigenvalue weighted by Crippen LogP contribution is -2.15. The van der Waals surface area contributed by atoms with Crippen LogP contribution in [0.15, 0.2) is 60.7 Å². The lowest BCUT2D eigenvalue weighted by Gasteiger charge is -2.27. The van der Waals surface area contributed by atoms with Crippen molar-refractivity contribution in [3.63, 3.8) is 0 Å². The first-order chi connectivity index (χ1) is 15.9. The molecule has 0 fully saturated rings. The highest BCUT2D eigenvalue weighted by atomic mass is 14.3. The Balaban J connectivity index is 1.75. The number of hydrogen-bond acceptors (Lipinski definition) is 0. The van der Waals surface area contributed by atoms with Gasteiger partial charge in [0.05, 0.1) is 0 Å². The van der Waals surface area contributed by atoms with Gasteiger partial charge in [0.25, 0.3) is 0 Å². The van der Waals surface area contributed by atoms with Crippen LogP contribution in [0.5, 0.6) is 0 Å². The second-order valence-corrected chi connectivity index (χ2v) is 12.2. The Morgan fingerprint density at radius 2 is 1.41 bits per heavy atom. The maximum atomic E-state index is 2.45. The van der Waals surface area contributed by atoms with E-state index in [4.69, 9.17) is 0 Å². The topological polar surface area (TPSA) is 0 Å². The van der Waals surface area contributed by atoms with Crippen molar-refractivity contribution >= 4 is 11.1 Å². The van der Waals surface area contributed by atoms with Crippen LogP contribution in [0.1, 0.15) is 92.5 Å². The lowest BCUT2D eigenvalue weighted by atomic mass is 9.77. The minimum atomic E-state index is 0.0621. The summed E-state index contributed by atoms with van der Waals surface area (Å²) in [6, 6.07) is 18.7. The molecule has 3 aromatic carbocycles. The lowest BCUT2D eigenvalue weighted by molar-refractivity contribution is 0.588. The summed E-state index contributed by atoms with van der Waals surface area (Å²) in [4.78, 5) is 0. The van der Waals surface area contributed by atoms with Crippen molar-refractivity contribution < 1.29 is 0 Å². The fraction of sp³-hybridized carbons (Fsp3) is 0.324. The van der Waals surface area contributed by atoms with Crippen molar-refractivity contribution in [1.29, 1.82) is 0 Å². The Morgan fingerprint density at radius 3 is 2.09 bits per heavy atom. The molecule has 0 saturated heterocycles. The van der Waals surface area contributed by atoms with Crippen LogP contribution in [0, 0.1) is 20.3 Å². The second-order valence-electron chi connectivity index (χ2n) is 12.2. The summed E-state index contributed by atoms with van der Waals surface area (Å²) in [5.41, 5.74) is 16.9. The Hall–Kier alpha value is -2.86. The van der Waals surface area contributed by atoms with Gasteiger partial charge in [-0.15, -0.1) is 0 Å². The predicted molar refractivity (Wildman–Crippen MR) is 148 cm³/mol. The van der Waals surface area contributed by atoms with Crippen LogP contribution in [0.25, 0.3) is 22.3 Å². The van der Waals surface area contributed by atoms with E-state index in [0.717, 1.165) is 6.42 Å². The third-order valence-electron chi connectivity index (χ3n) is 7.47. The summed E-state index contributed by atoms with van der Waals surface area (Å²) in [7, 11) is 0. The highest BCUT2D eigenvalue weighted by Gasteiger charge is 2.31. The highest BCUT2D eigenvalue weighted by molar-refractivity contribution is 6.03. The van der Waals surface area contributed by atoms with E-state index in [1.54, 1.807) is 0 Å². The number of allylic oxidation sites excluding steroid dienone is 4. The molecule has 0 unspecified atom stereocenters. The number of rotatable bonds is 2. The van der Waals surface area contributed by atoms with E-state index < -0.39 is 0 Å². The van der Waals surface area contributed by atoms with E-state index in [9.17, 15) is 0 Å². The molecule has 0 atom stereocenters. The first-order valence-electron chi connectivity index (χ1n) is 12.6.